The fourth-order valence-corrected chi connectivity index (χ4v) is 4.94. The zero-order valence-electron chi connectivity index (χ0n) is 20.7. The first-order valence-corrected chi connectivity index (χ1v) is 12.7. The maximum absolute atomic E-state index is 13.6. The van der Waals surface area contributed by atoms with Crippen molar-refractivity contribution >= 4 is 39.7 Å². The van der Waals surface area contributed by atoms with Gasteiger partial charge in [0.25, 0.3) is 0 Å². The highest BCUT2D eigenvalue weighted by atomic mass is 35.5. The van der Waals surface area contributed by atoms with Gasteiger partial charge < -0.3 is 29.7 Å². The average Bonchev–Trinajstić information content (AvgIpc) is 3.75. The van der Waals surface area contributed by atoms with Gasteiger partial charge in [-0.2, -0.15) is 0 Å². The highest BCUT2D eigenvalue weighted by Gasteiger charge is 2.59. The van der Waals surface area contributed by atoms with E-state index in [2.05, 4.69) is 37.7 Å². The molecule has 8 nitrogen and oxygen atoms in total. The van der Waals surface area contributed by atoms with Gasteiger partial charge in [-0.1, -0.05) is 23.8 Å². The molecule has 6 rings (SSSR count). The van der Waals surface area contributed by atoms with Gasteiger partial charge in [0.15, 0.2) is 6.23 Å². The number of epoxide rings is 1. The second-order valence-electron chi connectivity index (χ2n) is 10.3. The van der Waals surface area contributed by atoms with Crippen molar-refractivity contribution in [2.24, 2.45) is 11.3 Å². The summed E-state index contributed by atoms with van der Waals surface area (Å²) in [6, 6.07) is 8.35. The second-order valence-corrected chi connectivity index (χ2v) is 10.7. The van der Waals surface area contributed by atoms with Crippen molar-refractivity contribution in [2.75, 3.05) is 51.1 Å². The van der Waals surface area contributed by atoms with Crippen LogP contribution in [0.25, 0.3) is 10.9 Å². The van der Waals surface area contributed by atoms with Crippen molar-refractivity contribution in [1.82, 2.24) is 14.9 Å². The quantitative estimate of drug-likeness (QED) is 0.287. The third kappa shape index (κ3) is 5.22. The first kappa shape index (κ1) is 24.4. The lowest BCUT2D eigenvalue weighted by Crippen LogP contribution is -2.18. The molecule has 2 aliphatic heterocycles. The normalized spacial score (nSPS) is 26.0. The molecule has 1 aliphatic carbocycles. The Morgan fingerprint density at radius 2 is 2.16 bits per heavy atom. The van der Waals surface area contributed by atoms with Crippen LogP contribution in [0.2, 0.25) is 5.02 Å². The number of likely N-dealkylation sites (N-methyl/N-ethyl adjacent to an activating group) is 1. The van der Waals surface area contributed by atoms with Crippen LogP contribution >= 0.6 is 11.6 Å². The summed E-state index contributed by atoms with van der Waals surface area (Å²) in [5.74, 6) is 1.39. The van der Waals surface area contributed by atoms with Crippen molar-refractivity contribution < 1.29 is 18.6 Å². The summed E-state index contributed by atoms with van der Waals surface area (Å²) in [6.07, 6.45) is 6.63. The van der Waals surface area contributed by atoms with E-state index in [1.54, 1.807) is 6.07 Å². The Hall–Kier alpha value is -2.98. The predicted octanol–water partition coefficient (Wildman–Crippen LogP) is 4.84. The van der Waals surface area contributed by atoms with Crippen molar-refractivity contribution in [3.8, 4) is 5.75 Å². The second kappa shape index (κ2) is 9.72. The van der Waals surface area contributed by atoms with Gasteiger partial charge in [-0.3, -0.25) is 0 Å². The smallest absolute Gasteiger partial charge is 0.159 e. The van der Waals surface area contributed by atoms with Crippen LogP contribution in [0, 0.1) is 17.2 Å². The Kier molecular flexibility index (Phi) is 6.40. The molecule has 0 bridgehead atoms. The molecule has 3 aromatic rings. The number of hydrogen-bond donors (Lipinski definition) is 2. The van der Waals surface area contributed by atoms with Gasteiger partial charge in [0.2, 0.25) is 0 Å². The molecule has 1 saturated carbocycles. The third-order valence-electron chi connectivity index (χ3n) is 7.12. The summed E-state index contributed by atoms with van der Waals surface area (Å²) in [6.45, 7) is 3.01. The molecule has 3 heterocycles. The number of halogens is 2. The van der Waals surface area contributed by atoms with E-state index in [-0.39, 0.29) is 22.8 Å². The van der Waals surface area contributed by atoms with Gasteiger partial charge in [0, 0.05) is 29.1 Å². The summed E-state index contributed by atoms with van der Waals surface area (Å²) >= 11 is 5.97. The first-order chi connectivity index (χ1) is 17.9. The van der Waals surface area contributed by atoms with Gasteiger partial charge >= 0.3 is 0 Å². The van der Waals surface area contributed by atoms with Crippen LogP contribution in [0.1, 0.15) is 6.42 Å². The van der Waals surface area contributed by atoms with E-state index in [4.69, 9.17) is 25.8 Å². The van der Waals surface area contributed by atoms with E-state index < -0.39 is 5.82 Å². The van der Waals surface area contributed by atoms with E-state index in [1.807, 2.05) is 26.2 Å². The molecule has 3 fully saturated rings. The number of nitrogens with one attached hydrogen (secondary N) is 2. The number of ether oxygens (including phenoxy) is 3. The van der Waals surface area contributed by atoms with Crippen LogP contribution in [0.4, 0.5) is 21.6 Å². The lowest BCUT2D eigenvalue weighted by atomic mass is 10.1. The molecule has 4 atom stereocenters. The Labute approximate surface area is 219 Å². The number of anilines is 3. The molecular formula is C27H29ClFN5O3. The van der Waals surface area contributed by atoms with Crippen molar-refractivity contribution in [1.29, 1.82) is 0 Å². The highest BCUT2D eigenvalue weighted by molar-refractivity contribution is 6.31. The first-order valence-electron chi connectivity index (χ1n) is 12.3. The standard InChI is InChI=1S/C27H29ClFN5O3/c1-34(2)7-3-4-23-26(37-23)33-22-9-18-21(10-24(22)36-14-27-11-16(27)12-35-13-27)30-15-31-25(18)32-17-5-6-20(29)19(28)8-17/h3-6,8-10,15-16,23,26,33H,7,11-14H2,1-2H3,(H,30,31,32). The summed E-state index contributed by atoms with van der Waals surface area (Å²) in [5, 5.41) is 7.53. The van der Waals surface area contributed by atoms with Crippen LogP contribution in [0.3, 0.4) is 0 Å². The minimum atomic E-state index is -0.475. The van der Waals surface area contributed by atoms with Crippen molar-refractivity contribution in [2.45, 2.75) is 18.8 Å². The summed E-state index contributed by atoms with van der Waals surface area (Å²) in [5.41, 5.74) is 2.26. The zero-order chi connectivity index (χ0) is 25.6. The molecule has 0 amide bonds. The monoisotopic (exact) mass is 525 g/mol. The average molecular weight is 526 g/mol. The molecular weight excluding hydrogens is 497 g/mol. The molecule has 2 aromatic carbocycles. The van der Waals surface area contributed by atoms with Crippen LogP contribution < -0.4 is 15.4 Å². The number of nitrogens with zero attached hydrogens (tertiary/aromatic N) is 3. The number of fused-ring (bicyclic) bond motifs is 2. The third-order valence-corrected chi connectivity index (χ3v) is 7.41. The molecule has 0 radical (unpaired) electrons. The van der Waals surface area contributed by atoms with E-state index in [1.165, 1.54) is 18.5 Å². The summed E-state index contributed by atoms with van der Waals surface area (Å²) < 4.78 is 31.5. The minimum absolute atomic E-state index is 0.0101. The van der Waals surface area contributed by atoms with E-state index in [9.17, 15) is 4.39 Å². The largest absolute Gasteiger partial charge is 0.491 e. The molecule has 2 saturated heterocycles. The van der Waals surface area contributed by atoms with E-state index >= 15 is 0 Å². The number of aromatic nitrogens is 2. The minimum Gasteiger partial charge on any atom is -0.491 e. The SMILES string of the molecule is CN(C)CC=CC1OC1Nc1cc2c(Nc3ccc(F)c(Cl)c3)ncnc2cc1OCC12COCC1C2. The Bertz CT molecular complexity index is 1360. The number of rotatable bonds is 10. The number of hydrogen-bond acceptors (Lipinski definition) is 8. The number of benzene rings is 2. The summed E-state index contributed by atoms with van der Waals surface area (Å²) in [7, 11) is 4.05. The van der Waals surface area contributed by atoms with Gasteiger partial charge in [-0.05, 0) is 50.7 Å². The Morgan fingerprint density at radius 3 is 2.92 bits per heavy atom. The molecule has 194 valence electrons. The Morgan fingerprint density at radius 1 is 1.27 bits per heavy atom. The maximum atomic E-state index is 13.6. The van der Waals surface area contributed by atoms with Gasteiger partial charge in [-0.25, -0.2) is 14.4 Å². The molecule has 37 heavy (non-hydrogen) atoms. The van der Waals surface area contributed by atoms with Gasteiger partial charge in [-0.15, -0.1) is 0 Å². The highest BCUT2D eigenvalue weighted by Crippen LogP contribution is 2.57. The Balaban J connectivity index is 1.28. The maximum Gasteiger partial charge on any atom is 0.159 e. The predicted molar refractivity (Wildman–Crippen MR) is 141 cm³/mol. The molecule has 2 N–H and O–H groups in total. The summed E-state index contributed by atoms with van der Waals surface area (Å²) in [4.78, 5) is 11.0. The lowest BCUT2D eigenvalue weighted by molar-refractivity contribution is 0.124. The molecule has 3 aliphatic rings. The molecule has 1 aromatic heterocycles. The van der Waals surface area contributed by atoms with Crippen LogP contribution in [-0.4, -0.2) is 67.7 Å². The molecule has 4 unspecified atom stereocenters. The molecule has 0 spiro atoms. The van der Waals surface area contributed by atoms with Crippen molar-refractivity contribution in [3.05, 3.63) is 59.7 Å². The topological polar surface area (TPSA) is 84.1 Å². The molecule has 10 heteroatoms. The fraction of sp³-hybridized carbons (Fsp3) is 0.407. The van der Waals surface area contributed by atoms with Crippen LogP contribution in [0.5, 0.6) is 5.75 Å². The van der Waals surface area contributed by atoms with Gasteiger partial charge in [0.05, 0.1) is 36.0 Å². The van der Waals surface area contributed by atoms with Gasteiger partial charge in [0.1, 0.15) is 29.8 Å². The fourth-order valence-electron chi connectivity index (χ4n) is 4.76. The zero-order valence-corrected chi connectivity index (χ0v) is 21.5. The van der Waals surface area contributed by atoms with Crippen LogP contribution in [0.15, 0.2) is 48.8 Å². The van der Waals surface area contributed by atoms with E-state index in [0.717, 1.165) is 42.8 Å². The van der Waals surface area contributed by atoms with Crippen LogP contribution in [-0.2, 0) is 9.47 Å². The van der Waals surface area contributed by atoms with Crippen molar-refractivity contribution in [3.63, 3.8) is 0 Å². The lowest BCUT2D eigenvalue weighted by Gasteiger charge is -2.18. The van der Waals surface area contributed by atoms with E-state index in [0.29, 0.717) is 29.8 Å².